The van der Waals surface area contributed by atoms with Gasteiger partial charge >= 0.3 is 0 Å². The maximum atomic E-state index is 13.6. The van der Waals surface area contributed by atoms with Crippen molar-refractivity contribution in [2.24, 2.45) is 0 Å². The van der Waals surface area contributed by atoms with Crippen molar-refractivity contribution in [3.63, 3.8) is 0 Å². The second-order valence-electron chi connectivity index (χ2n) is 6.27. The van der Waals surface area contributed by atoms with Gasteiger partial charge in [0.15, 0.2) is 0 Å². The highest BCUT2D eigenvalue weighted by atomic mass is 35.5. The molecule has 0 saturated heterocycles. The van der Waals surface area contributed by atoms with Crippen LogP contribution in [0.25, 0.3) is 0 Å². The molecule has 2 amide bonds. The quantitative estimate of drug-likeness (QED) is 0.861. The Morgan fingerprint density at radius 3 is 2.44 bits per heavy atom. The summed E-state index contributed by atoms with van der Waals surface area (Å²) in [5, 5.41) is 6.03. The minimum atomic E-state index is -0.571. The van der Waals surface area contributed by atoms with Crippen molar-refractivity contribution in [3.05, 3.63) is 64.4 Å². The zero-order valence-electron chi connectivity index (χ0n) is 13.7. The summed E-state index contributed by atoms with van der Waals surface area (Å²) in [5.74, 6) is -0.823. The van der Waals surface area contributed by atoms with Gasteiger partial charge in [0.2, 0.25) is 5.91 Å². The second-order valence-corrected chi connectivity index (χ2v) is 6.70. The van der Waals surface area contributed by atoms with E-state index in [0.717, 1.165) is 12.8 Å². The largest absolute Gasteiger partial charge is 0.349 e. The summed E-state index contributed by atoms with van der Waals surface area (Å²) in [4.78, 5) is 23.4. The van der Waals surface area contributed by atoms with Crippen LogP contribution in [0.5, 0.6) is 0 Å². The van der Waals surface area contributed by atoms with Crippen molar-refractivity contribution in [1.82, 2.24) is 5.32 Å². The molecule has 0 bridgehead atoms. The Kier molecular flexibility index (Phi) is 5.04. The van der Waals surface area contributed by atoms with Gasteiger partial charge in [-0.25, -0.2) is 4.39 Å². The van der Waals surface area contributed by atoms with Crippen LogP contribution in [0.4, 0.5) is 10.1 Å². The first-order valence-corrected chi connectivity index (χ1v) is 8.43. The summed E-state index contributed by atoms with van der Waals surface area (Å²) in [6.45, 7) is 1.29. The maximum Gasteiger partial charge on any atom is 0.251 e. The molecule has 1 aliphatic carbocycles. The van der Waals surface area contributed by atoms with E-state index in [0.29, 0.717) is 16.5 Å². The first kappa shape index (κ1) is 17.4. The van der Waals surface area contributed by atoms with Gasteiger partial charge in [-0.05, 0) is 54.7 Å². The Bertz CT molecular complexity index is 802. The van der Waals surface area contributed by atoms with Crippen LogP contribution in [0, 0.1) is 5.82 Å². The van der Waals surface area contributed by atoms with Crippen molar-refractivity contribution < 1.29 is 14.0 Å². The van der Waals surface area contributed by atoms with Crippen molar-refractivity contribution in [1.29, 1.82) is 0 Å². The van der Waals surface area contributed by atoms with Crippen molar-refractivity contribution >= 4 is 29.1 Å². The van der Waals surface area contributed by atoms with E-state index in [1.165, 1.54) is 30.7 Å². The molecule has 0 aromatic heterocycles. The van der Waals surface area contributed by atoms with Crippen LogP contribution < -0.4 is 10.6 Å². The van der Waals surface area contributed by atoms with Crippen molar-refractivity contribution in [2.45, 2.75) is 31.7 Å². The molecule has 25 heavy (non-hydrogen) atoms. The van der Waals surface area contributed by atoms with Gasteiger partial charge in [-0.15, -0.1) is 0 Å². The van der Waals surface area contributed by atoms with Crippen molar-refractivity contribution in [3.8, 4) is 0 Å². The molecule has 1 saturated carbocycles. The summed E-state index contributed by atoms with van der Waals surface area (Å²) in [5.41, 5.74) is 1.54. The van der Waals surface area contributed by atoms with Crippen LogP contribution in [0.1, 0.15) is 41.6 Å². The topological polar surface area (TPSA) is 58.2 Å². The molecule has 2 aromatic carbocycles. The van der Waals surface area contributed by atoms with Crippen LogP contribution in [-0.4, -0.2) is 17.9 Å². The molecular weight excluding hydrogens is 343 g/mol. The Labute approximate surface area is 150 Å². The third-order valence-corrected chi connectivity index (χ3v) is 4.61. The van der Waals surface area contributed by atoms with Crippen LogP contribution in [-0.2, 0) is 4.79 Å². The zero-order chi connectivity index (χ0) is 18.0. The van der Waals surface area contributed by atoms with Crippen LogP contribution >= 0.6 is 11.6 Å². The number of hydrogen-bond acceptors (Lipinski definition) is 2. The number of benzene rings is 2. The fourth-order valence-corrected chi connectivity index (χ4v) is 3.09. The number of anilines is 1. The molecule has 6 heteroatoms. The lowest BCUT2D eigenvalue weighted by Crippen LogP contribution is -2.43. The first-order valence-electron chi connectivity index (χ1n) is 8.06. The highest BCUT2D eigenvalue weighted by Crippen LogP contribution is 2.37. The minimum absolute atomic E-state index is 0.00722. The molecule has 1 fully saturated rings. The fourth-order valence-electron chi connectivity index (χ4n) is 2.96. The number of hydrogen-bond donors (Lipinski definition) is 2. The summed E-state index contributed by atoms with van der Waals surface area (Å²) in [6, 6.07) is 11.8. The van der Waals surface area contributed by atoms with Gasteiger partial charge in [-0.1, -0.05) is 23.7 Å². The van der Waals surface area contributed by atoms with E-state index >= 15 is 0 Å². The zero-order valence-corrected chi connectivity index (χ0v) is 14.4. The predicted octanol–water partition coefficient (Wildman–Crippen LogP) is 4.11. The van der Waals surface area contributed by atoms with E-state index in [4.69, 9.17) is 11.6 Å². The molecule has 0 aliphatic heterocycles. The number of amides is 2. The van der Waals surface area contributed by atoms with E-state index in [9.17, 15) is 14.0 Å². The number of nitrogens with one attached hydrogen (secondary N) is 2. The monoisotopic (exact) mass is 360 g/mol. The summed E-state index contributed by atoms with van der Waals surface area (Å²) in [7, 11) is 0. The summed E-state index contributed by atoms with van der Waals surface area (Å²) < 4.78 is 13.6. The van der Waals surface area contributed by atoms with E-state index in [1.54, 1.807) is 0 Å². The second kappa shape index (κ2) is 7.23. The van der Waals surface area contributed by atoms with E-state index < -0.39 is 5.82 Å². The molecule has 2 aromatic rings. The first-order chi connectivity index (χ1) is 11.9. The summed E-state index contributed by atoms with van der Waals surface area (Å²) >= 11 is 5.89. The Morgan fingerprint density at radius 2 is 1.80 bits per heavy atom. The molecule has 3 rings (SSSR count). The molecule has 0 heterocycles. The lowest BCUT2D eigenvalue weighted by Gasteiger charge is -2.36. The SMILES string of the molecule is CC(=O)Nc1cc(C(=O)NC2CC(c3ccc(Cl)cc3)C2)ccc1F. The van der Waals surface area contributed by atoms with E-state index in [1.807, 2.05) is 24.3 Å². The summed E-state index contributed by atoms with van der Waals surface area (Å²) in [6.07, 6.45) is 1.71. The minimum Gasteiger partial charge on any atom is -0.349 e. The molecule has 4 nitrogen and oxygen atoms in total. The molecular formula is C19H18ClFN2O2. The number of carbonyl (C=O) groups excluding carboxylic acids is 2. The Hall–Kier alpha value is -2.40. The molecule has 0 unspecified atom stereocenters. The van der Waals surface area contributed by atoms with Gasteiger partial charge in [-0.3, -0.25) is 9.59 Å². The Balaban J connectivity index is 1.58. The van der Waals surface area contributed by atoms with E-state index in [-0.39, 0.29) is 23.5 Å². The lowest BCUT2D eigenvalue weighted by molar-refractivity contribution is -0.114. The molecule has 2 N–H and O–H groups in total. The van der Waals surface area contributed by atoms with Gasteiger partial charge in [0, 0.05) is 23.6 Å². The highest BCUT2D eigenvalue weighted by Gasteiger charge is 2.31. The number of carbonyl (C=O) groups is 2. The lowest BCUT2D eigenvalue weighted by atomic mass is 9.76. The van der Waals surface area contributed by atoms with E-state index in [2.05, 4.69) is 10.6 Å². The molecule has 0 atom stereocenters. The molecule has 1 aliphatic rings. The predicted molar refractivity (Wildman–Crippen MR) is 95.4 cm³/mol. The standard InChI is InChI=1S/C19H18ClFN2O2/c1-11(24)22-18-10-13(4-7-17(18)21)19(25)23-16-8-14(9-16)12-2-5-15(20)6-3-12/h2-7,10,14,16H,8-9H2,1H3,(H,22,24)(H,23,25). The van der Waals surface area contributed by atoms with Gasteiger partial charge in [0.05, 0.1) is 5.69 Å². The number of rotatable bonds is 4. The van der Waals surface area contributed by atoms with Gasteiger partial charge < -0.3 is 10.6 Å². The smallest absolute Gasteiger partial charge is 0.251 e. The van der Waals surface area contributed by atoms with Crippen LogP contribution in [0.15, 0.2) is 42.5 Å². The average Bonchev–Trinajstić information content (AvgIpc) is 2.53. The Morgan fingerprint density at radius 1 is 1.12 bits per heavy atom. The third kappa shape index (κ3) is 4.17. The number of halogens is 2. The molecule has 0 spiro atoms. The van der Waals surface area contributed by atoms with Gasteiger partial charge in [-0.2, -0.15) is 0 Å². The highest BCUT2D eigenvalue weighted by molar-refractivity contribution is 6.30. The molecule has 130 valence electrons. The third-order valence-electron chi connectivity index (χ3n) is 4.35. The normalized spacial score (nSPS) is 19.0. The van der Waals surface area contributed by atoms with Crippen LogP contribution in [0.3, 0.4) is 0 Å². The molecule has 0 radical (unpaired) electrons. The van der Waals surface area contributed by atoms with Gasteiger partial charge in [0.25, 0.3) is 5.91 Å². The maximum absolute atomic E-state index is 13.6. The van der Waals surface area contributed by atoms with Crippen molar-refractivity contribution in [2.75, 3.05) is 5.32 Å². The fraction of sp³-hybridized carbons (Fsp3) is 0.263. The average molecular weight is 361 g/mol. The van der Waals surface area contributed by atoms with Gasteiger partial charge in [0.1, 0.15) is 5.82 Å². The van der Waals surface area contributed by atoms with Crippen LogP contribution in [0.2, 0.25) is 5.02 Å².